The lowest BCUT2D eigenvalue weighted by atomic mass is 10.1. The molecule has 0 heterocycles. The Balaban J connectivity index is 2.46. The first kappa shape index (κ1) is 16.1. The minimum absolute atomic E-state index is 0.387. The van der Waals surface area contributed by atoms with E-state index in [4.69, 9.17) is 29.6 Å². The molecule has 0 aromatic heterocycles. The molecule has 2 aromatic carbocycles. The quantitative estimate of drug-likeness (QED) is 0.585. The van der Waals surface area contributed by atoms with Gasteiger partial charge in [-0.2, -0.15) is 0 Å². The summed E-state index contributed by atoms with van der Waals surface area (Å²) in [6.45, 7) is 4.13. The summed E-state index contributed by atoms with van der Waals surface area (Å²) >= 11 is 13.2. The maximum Gasteiger partial charge on any atom is 0.107 e. The molecule has 0 radical (unpaired) electrons. The predicted octanol–water partition coefficient (Wildman–Crippen LogP) is 5.14. The van der Waals surface area contributed by atoms with Gasteiger partial charge in [-0.3, -0.25) is 0 Å². The molecule has 5 heteroatoms. The summed E-state index contributed by atoms with van der Waals surface area (Å²) in [5.74, 6) is 0.963. The molecule has 2 rings (SSSR count). The number of rotatable bonds is 5. The highest BCUT2D eigenvalue weighted by Gasteiger charge is 2.12. The van der Waals surface area contributed by atoms with Crippen LogP contribution in [0.3, 0.4) is 0 Å². The van der Waals surface area contributed by atoms with Crippen LogP contribution < -0.4 is 11.1 Å². The average Bonchev–Trinajstić information content (AvgIpc) is 2.43. The van der Waals surface area contributed by atoms with Gasteiger partial charge in [0.1, 0.15) is 4.99 Å². The van der Waals surface area contributed by atoms with Crippen LogP contribution >= 0.6 is 35.6 Å². The number of nitrogens with two attached hydrogens (primary N) is 1. The second-order valence-corrected chi connectivity index (χ2v) is 6.74. The summed E-state index contributed by atoms with van der Waals surface area (Å²) in [5.41, 5.74) is 9.66. The molecule has 0 aliphatic carbocycles. The minimum Gasteiger partial charge on any atom is -0.389 e. The van der Waals surface area contributed by atoms with Gasteiger partial charge in [-0.05, 0) is 42.5 Å². The Morgan fingerprint density at radius 3 is 2.71 bits per heavy atom. The Bertz CT molecular complexity index is 671. The molecule has 0 spiro atoms. The smallest absolute Gasteiger partial charge is 0.107 e. The third kappa shape index (κ3) is 3.90. The van der Waals surface area contributed by atoms with Gasteiger partial charge in [-0.15, -0.1) is 11.8 Å². The standard InChI is InChI=1S/C16H17ClN2S2/c1-3-21-14-6-4-5-12(15(14)16(18)20)19-13-9-10(2)7-8-11(13)17/h4-9,19H,3H2,1-2H3,(H2,18,20). The van der Waals surface area contributed by atoms with E-state index < -0.39 is 0 Å². The largest absolute Gasteiger partial charge is 0.389 e. The Morgan fingerprint density at radius 1 is 1.29 bits per heavy atom. The molecule has 2 nitrogen and oxygen atoms in total. The van der Waals surface area contributed by atoms with Crippen molar-refractivity contribution in [3.05, 3.63) is 52.5 Å². The first-order chi connectivity index (χ1) is 10.0. The second kappa shape index (κ2) is 7.16. The molecule has 110 valence electrons. The fourth-order valence-corrected chi connectivity index (χ4v) is 3.34. The number of anilines is 2. The van der Waals surface area contributed by atoms with E-state index in [1.807, 2.05) is 43.3 Å². The van der Waals surface area contributed by atoms with Gasteiger partial charge in [0.25, 0.3) is 0 Å². The van der Waals surface area contributed by atoms with Gasteiger partial charge >= 0.3 is 0 Å². The van der Waals surface area contributed by atoms with Gasteiger partial charge in [0.15, 0.2) is 0 Å². The number of aryl methyl sites for hydroxylation is 1. The van der Waals surface area contributed by atoms with Crippen LogP contribution in [0.1, 0.15) is 18.1 Å². The maximum absolute atomic E-state index is 6.25. The summed E-state index contributed by atoms with van der Waals surface area (Å²) < 4.78 is 0. The molecule has 0 aliphatic rings. The van der Waals surface area contributed by atoms with E-state index in [1.54, 1.807) is 11.8 Å². The Labute approximate surface area is 140 Å². The lowest BCUT2D eigenvalue weighted by molar-refractivity contribution is 1.37. The summed E-state index contributed by atoms with van der Waals surface area (Å²) in [5, 5.41) is 4.02. The molecule has 21 heavy (non-hydrogen) atoms. The summed E-state index contributed by atoms with van der Waals surface area (Å²) in [4.78, 5) is 1.47. The fraction of sp³-hybridized carbons (Fsp3) is 0.188. The number of thiocarbonyl (C=S) groups is 1. The molecule has 0 fully saturated rings. The van der Waals surface area contributed by atoms with E-state index >= 15 is 0 Å². The molecule has 3 N–H and O–H groups in total. The van der Waals surface area contributed by atoms with Crippen molar-refractivity contribution in [1.29, 1.82) is 0 Å². The molecule has 0 saturated carbocycles. The first-order valence-corrected chi connectivity index (χ1v) is 8.39. The highest BCUT2D eigenvalue weighted by atomic mass is 35.5. The Kier molecular flexibility index (Phi) is 5.51. The molecule has 0 atom stereocenters. The zero-order valence-corrected chi connectivity index (χ0v) is 14.3. The monoisotopic (exact) mass is 336 g/mol. The zero-order chi connectivity index (χ0) is 15.4. The van der Waals surface area contributed by atoms with Crippen LogP contribution in [-0.4, -0.2) is 10.7 Å². The lowest BCUT2D eigenvalue weighted by Gasteiger charge is -2.16. The molecule has 0 unspecified atom stereocenters. The summed E-state index contributed by atoms with van der Waals surface area (Å²) in [6.07, 6.45) is 0. The van der Waals surface area contributed by atoms with Crippen molar-refractivity contribution in [3.63, 3.8) is 0 Å². The van der Waals surface area contributed by atoms with E-state index in [9.17, 15) is 0 Å². The molecule has 0 bridgehead atoms. The van der Waals surface area contributed by atoms with Gasteiger partial charge < -0.3 is 11.1 Å². The molecular weight excluding hydrogens is 320 g/mol. The molecule has 2 aromatic rings. The lowest BCUT2D eigenvalue weighted by Crippen LogP contribution is -2.13. The normalized spacial score (nSPS) is 10.4. The number of halogens is 1. The molecule has 0 amide bonds. The van der Waals surface area contributed by atoms with Crippen molar-refractivity contribution in [1.82, 2.24) is 0 Å². The second-order valence-electron chi connectivity index (χ2n) is 4.58. The Hall–Kier alpha value is -1.23. The number of benzene rings is 2. The van der Waals surface area contributed by atoms with Gasteiger partial charge in [-0.1, -0.05) is 42.9 Å². The van der Waals surface area contributed by atoms with Crippen molar-refractivity contribution in [2.45, 2.75) is 18.7 Å². The van der Waals surface area contributed by atoms with Crippen LogP contribution in [-0.2, 0) is 0 Å². The van der Waals surface area contributed by atoms with Crippen LogP contribution in [0, 0.1) is 6.92 Å². The topological polar surface area (TPSA) is 38.0 Å². The van der Waals surface area contributed by atoms with Crippen molar-refractivity contribution >= 4 is 51.9 Å². The van der Waals surface area contributed by atoms with Crippen molar-refractivity contribution in [2.24, 2.45) is 5.73 Å². The third-order valence-electron chi connectivity index (χ3n) is 2.96. The van der Waals surface area contributed by atoms with E-state index in [1.165, 1.54) is 0 Å². The van der Waals surface area contributed by atoms with Gasteiger partial charge in [0.2, 0.25) is 0 Å². The number of hydrogen-bond donors (Lipinski definition) is 2. The Morgan fingerprint density at radius 2 is 2.05 bits per heavy atom. The molecule has 0 aliphatic heterocycles. The van der Waals surface area contributed by atoms with E-state index in [-0.39, 0.29) is 0 Å². The SMILES string of the molecule is CCSc1cccc(Nc2cc(C)ccc2Cl)c1C(N)=S. The van der Waals surface area contributed by atoms with E-state index in [2.05, 4.69) is 12.2 Å². The highest BCUT2D eigenvalue weighted by molar-refractivity contribution is 7.99. The predicted molar refractivity (Wildman–Crippen MR) is 98.2 cm³/mol. The van der Waals surface area contributed by atoms with Crippen LogP contribution in [0.25, 0.3) is 0 Å². The number of hydrogen-bond acceptors (Lipinski definition) is 3. The van der Waals surface area contributed by atoms with Crippen molar-refractivity contribution < 1.29 is 0 Å². The van der Waals surface area contributed by atoms with Gasteiger partial charge in [-0.25, -0.2) is 0 Å². The summed E-state index contributed by atoms with van der Waals surface area (Å²) in [6, 6.07) is 11.9. The van der Waals surface area contributed by atoms with Gasteiger partial charge in [0.05, 0.1) is 10.7 Å². The van der Waals surface area contributed by atoms with E-state index in [0.29, 0.717) is 10.0 Å². The average molecular weight is 337 g/mol. The first-order valence-electron chi connectivity index (χ1n) is 6.61. The van der Waals surface area contributed by atoms with Gasteiger partial charge in [0, 0.05) is 16.1 Å². The maximum atomic E-state index is 6.25. The third-order valence-corrected chi connectivity index (χ3v) is 4.44. The molecule has 0 saturated heterocycles. The molecular formula is C16H17ClN2S2. The van der Waals surface area contributed by atoms with Crippen molar-refractivity contribution in [2.75, 3.05) is 11.1 Å². The number of nitrogens with one attached hydrogen (secondary N) is 1. The van der Waals surface area contributed by atoms with E-state index in [0.717, 1.165) is 33.2 Å². The van der Waals surface area contributed by atoms with Crippen LogP contribution in [0.5, 0.6) is 0 Å². The zero-order valence-electron chi connectivity index (χ0n) is 11.9. The minimum atomic E-state index is 0.387. The summed E-state index contributed by atoms with van der Waals surface area (Å²) in [7, 11) is 0. The fourth-order valence-electron chi connectivity index (χ4n) is 2.05. The highest BCUT2D eigenvalue weighted by Crippen LogP contribution is 2.33. The number of thioether (sulfide) groups is 1. The van der Waals surface area contributed by atoms with Crippen LogP contribution in [0.4, 0.5) is 11.4 Å². The van der Waals surface area contributed by atoms with Crippen LogP contribution in [0.2, 0.25) is 5.02 Å². The van der Waals surface area contributed by atoms with Crippen LogP contribution in [0.15, 0.2) is 41.3 Å². The van der Waals surface area contributed by atoms with Crippen molar-refractivity contribution in [3.8, 4) is 0 Å².